The normalized spacial score (nSPS) is 13.1. The van der Waals surface area contributed by atoms with Crippen molar-refractivity contribution in [2.75, 3.05) is 6.54 Å². The second kappa shape index (κ2) is 6.89. The van der Waals surface area contributed by atoms with Crippen molar-refractivity contribution in [3.63, 3.8) is 0 Å². The summed E-state index contributed by atoms with van der Waals surface area (Å²) in [4.78, 5) is 37.7. The fourth-order valence-corrected chi connectivity index (χ4v) is 2.81. The zero-order chi connectivity index (χ0) is 18.0. The molecule has 0 aromatic heterocycles. The van der Waals surface area contributed by atoms with Crippen molar-refractivity contribution in [2.45, 2.75) is 26.9 Å². The van der Waals surface area contributed by atoms with Crippen LogP contribution in [0.4, 0.5) is 0 Å². The number of nitrogens with zero attached hydrogens (tertiary/aromatic N) is 1. The van der Waals surface area contributed by atoms with E-state index in [1.165, 1.54) is 0 Å². The quantitative estimate of drug-likeness (QED) is 0.621. The molecule has 5 nitrogen and oxygen atoms in total. The van der Waals surface area contributed by atoms with Crippen molar-refractivity contribution in [3.05, 3.63) is 70.3 Å². The number of hydrogen-bond acceptors (Lipinski definition) is 4. The fourth-order valence-electron chi connectivity index (χ4n) is 2.81. The fraction of sp³-hybridized carbons (Fsp3) is 0.250. The van der Waals surface area contributed by atoms with Gasteiger partial charge in [0.2, 0.25) is 0 Å². The van der Waals surface area contributed by atoms with Gasteiger partial charge in [-0.2, -0.15) is 0 Å². The van der Waals surface area contributed by atoms with Crippen molar-refractivity contribution in [1.29, 1.82) is 0 Å². The summed E-state index contributed by atoms with van der Waals surface area (Å²) in [6.07, 6.45) is -0.0175. The average molecular weight is 337 g/mol. The Balaban J connectivity index is 1.57. The van der Waals surface area contributed by atoms with Crippen molar-refractivity contribution in [2.24, 2.45) is 0 Å². The van der Waals surface area contributed by atoms with E-state index in [1.807, 2.05) is 38.1 Å². The topological polar surface area (TPSA) is 63.7 Å². The van der Waals surface area contributed by atoms with Gasteiger partial charge in [0, 0.05) is 6.54 Å². The van der Waals surface area contributed by atoms with Crippen molar-refractivity contribution >= 4 is 17.8 Å². The summed E-state index contributed by atoms with van der Waals surface area (Å²) in [5.74, 6) is -1.14. The molecule has 0 N–H and O–H groups in total. The van der Waals surface area contributed by atoms with Crippen LogP contribution in [0.25, 0.3) is 0 Å². The largest absolute Gasteiger partial charge is 0.461 e. The van der Waals surface area contributed by atoms with Crippen LogP contribution in [0.15, 0.2) is 42.5 Å². The zero-order valence-electron chi connectivity index (χ0n) is 14.2. The van der Waals surface area contributed by atoms with Gasteiger partial charge in [0.1, 0.15) is 6.61 Å². The van der Waals surface area contributed by atoms with E-state index >= 15 is 0 Å². The predicted molar refractivity (Wildman–Crippen MR) is 92.1 cm³/mol. The Hall–Kier alpha value is -2.95. The van der Waals surface area contributed by atoms with Gasteiger partial charge in [-0.25, -0.2) is 0 Å². The number of benzene rings is 2. The van der Waals surface area contributed by atoms with Crippen LogP contribution in [0, 0.1) is 13.8 Å². The zero-order valence-corrected chi connectivity index (χ0v) is 14.2. The second-order valence-corrected chi connectivity index (χ2v) is 6.15. The third kappa shape index (κ3) is 3.45. The summed E-state index contributed by atoms with van der Waals surface area (Å²) in [5, 5.41) is 0. The lowest BCUT2D eigenvalue weighted by Gasteiger charge is -2.13. The number of rotatable bonds is 5. The molecule has 128 valence electrons. The van der Waals surface area contributed by atoms with Crippen molar-refractivity contribution in [1.82, 2.24) is 4.90 Å². The first-order valence-electron chi connectivity index (χ1n) is 8.14. The van der Waals surface area contributed by atoms with Gasteiger partial charge in [0.15, 0.2) is 0 Å². The van der Waals surface area contributed by atoms with Crippen LogP contribution in [-0.2, 0) is 16.1 Å². The number of fused-ring (bicyclic) bond motifs is 1. The molecule has 0 bridgehead atoms. The van der Waals surface area contributed by atoms with Gasteiger partial charge < -0.3 is 4.74 Å². The van der Waals surface area contributed by atoms with Gasteiger partial charge >= 0.3 is 5.97 Å². The molecule has 0 fully saturated rings. The van der Waals surface area contributed by atoms with Crippen LogP contribution in [0.5, 0.6) is 0 Å². The van der Waals surface area contributed by atoms with Crippen molar-refractivity contribution in [3.8, 4) is 0 Å². The highest BCUT2D eigenvalue weighted by atomic mass is 16.5. The maximum absolute atomic E-state index is 12.3. The molecule has 0 radical (unpaired) electrons. The first-order valence-corrected chi connectivity index (χ1v) is 8.14. The van der Waals surface area contributed by atoms with E-state index in [9.17, 15) is 14.4 Å². The third-order valence-electron chi connectivity index (χ3n) is 4.32. The van der Waals surface area contributed by atoms with E-state index in [1.54, 1.807) is 18.2 Å². The summed E-state index contributed by atoms with van der Waals surface area (Å²) >= 11 is 0. The van der Waals surface area contributed by atoms with Gasteiger partial charge in [0.05, 0.1) is 17.5 Å². The van der Waals surface area contributed by atoms with Crippen molar-refractivity contribution < 1.29 is 19.1 Å². The summed E-state index contributed by atoms with van der Waals surface area (Å²) in [6.45, 7) is 4.03. The Morgan fingerprint density at radius 1 is 1.00 bits per heavy atom. The minimum atomic E-state index is -0.434. The molecule has 0 atom stereocenters. The third-order valence-corrected chi connectivity index (χ3v) is 4.32. The number of amides is 2. The molecule has 0 aliphatic carbocycles. The first kappa shape index (κ1) is 16.9. The van der Waals surface area contributed by atoms with Gasteiger partial charge in [0.25, 0.3) is 11.8 Å². The number of carbonyl (C=O) groups excluding carboxylic acids is 3. The lowest BCUT2D eigenvalue weighted by molar-refractivity contribution is -0.145. The molecule has 25 heavy (non-hydrogen) atoms. The van der Waals surface area contributed by atoms with Crippen LogP contribution in [0.3, 0.4) is 0 Å². The average Bonchev–Trinajstić information content (AvgIpc) is 2.83. The number of carbonyl (C=O) groups is 3. The van der Waals surface area contributed by atoms with Crippen LogP contribution < -0.4 is 0 Å². The lowest BCUT2D eigenvalue weighted by Crippen LogP contribution is -2.32. The number of imide groups is 1. The monoisotopic (exact) mass is 337 g/mol. The van der Waals surface area contributed by atoms with Gasteiger partial charge in [-0.05, 0) is 37.1 Å². The highest BCUT2D eigenvalue weighted by Gasteiger charge is 2.35. The predicted octanol–water partition coefficient (Wildman–Crippen LogP) is 3.03. The van der Waals surface area contributed by atoms with E-state index in [0.717, 1.165) is 21.6 Å². The number of aryl methyl sites for hydroxylation is 2. The molecular formula is C20H19NO4. The summed E-state index contributed by atoms with van der Waals surface area (Å²) < 4.78 is 5.25. The standard InChI is InChI=1S/C20H19NO4/c1-13-7-8-16-17(11-13)20(24)21(19(16)23)10-9-18(22)25-12-15-6-4-3-5-14(15)2/h3-8,11H,9-10,12H2,1-2H3. The van der Waals surface area contributed by atoms with Gasteiger partial charge in [-0.15, -0.1) is 0 Å². The van der Waals surface area contributed by atoms with Crippen LogP contribution in [0.1, 0.15) is 43.8 Å². The molecule has 0 saturated carbocycles. The van der Waals surface area contributed by atoms with E-state index in [-0.39, 0.29) is 31.4 Å². The summed E-state index contributed by atoms with van der Waals surface area (Å²) in [7, 11) is 0. The van der Waals surface area contributed by atoms with E-state index in [4.69, 9.17) is 4.74 Å². The minimum Gasteiger partial charge on any atom is -0.461 e. The maximum atomic E-state index is 12.3. The Morgan fingerprint density at radius 3 is 2.48 bits per heavy atom. The number of ether oxygens (including phenoxy) is 1. The van der Waals surface area contributed by atoms with Gasteiger partial charge in [-0.1, -0.05) is 35.9 Å². The smallest absolute Gasteiger partial charge is 0.307 e. The first-order chi connectivity index (χ1) is 12.0. The number of esters is 1. The van der Waals surface area contributed by atoms with E-state index in [0.29, 0.717) is 11.1 Å². The molecule has 2 aromatic carbocycles. The molecule has 1 aliphatic heterocycles. The summed E-state index contributed by atoms with van der Waals surface area (Å²) in [6, 6.07) is 12.8. The van der Waals surface area contributed by atoms with Crippen LogP contribution >= 0.6 is 0 Å². The van der Waals surface area contributed by atoms with Gasteiger partial charge in [-0.3, -0.25) is 19.3 Å². The van der Waals surface area contributed by atoms with Crippen LogP contribution in [-0.4, -0.2) is 29.2 Å². The molecule has 2 aromatic rings. The molecule has 0 saturated heterocycles. The molecule has 3 rings (SSSR count). The highest BCUT2D eigenvalue weighted by Crippen LogP contribution is 2.24. The highest BCUT2D eigenvalue weighted by molar-refractivity contribution is 6.21. The Bertz CT molecular complexity index is 857. The Labute approximate surface area is 146 Å². The van der Waals surface area contributed by atoms with E-state index < -0.39 is 5.97 Å². The SMILES string of the molecule is Cc1ccc2c(c1)C(=O)N(CCC(=O)OCc1ccccc1C)C2=O. The molecule has 1 heterocycles. The Morgan fingerprint density at radius 2 is 1.72 bits per heavy atom. The maximum Gasteiger partial charge on any atom is 0.307 e. The van der Waals surface area contributed by atoms with Crippen LogP contribution in [0.2, 0.25) is 0 Å². The molecule has 2 amide bonds. The molecular weight excluding hydrogens is 318 g/mol. The second-order valence-electron chi connectivity index (χ2n) is 6.15. The molecule has 1 aliphatic rings. The molecule has 0 unspecified atom stereocenters. The summed E-state index contributed by atoms with van der Waals surface area (Å²) in [5.41, 5.74) is 3.69. The number of hydrogen-bond donors (Lipinski definition) is 0. The van der Waals surface area contributed by atoms with E-state index in [2.05, 4.69) is 0 Å². The molecule has 5 heteroatoms. The lowest BCUT2D eigenvalue weighted by atomic mass is 10.1. The minimum absolute atomic E-state index is 0.0175. The molecule has 0 spiro atoms. The Kier molecular flexibility index (Phi) is 4.65.